The Kier molecular flexibility index (Phi) is 7.46. The SMILES string of the molecule is CCN(CCCNC(=O)c1n[nH]c2c1CNCC2)S(C)(=O)=O.Cl. The first kappa shape index (κ1) is 19.9. The Morgan fingerprint density at radius 2 is 2.17 bits per heavy atom. The maximum Gasteiger partial charge on any atom is 0.272 e. The quantitative estimate of drug-likeness (QED) is 0.584. The highest BCUT2D eigenvalue weighted by Crippen LogP contribution is 2.14. The van der Waals surface area contributed by atoms with Crippen molar-refractivity contribution in [2.24, 2.45) is 0 Å². The molecule has 0 spiro atoms. The second-order valence-electron chi connectivity index (χ2n) is 5.32. The topological polar surface area (TPSA) is 107 Å². The maximum atomic E-state index is 12.1. The predicted octanol–water partition coefficient (Wildman–Crippen LogP) is -0.121. The number of hydrogen-bond acceptors (Lipinski definition) is 5. The molecule has 0 aromatic carbocycles. The van der Waals surface area contributed by atoms with Crippen molar-refractivity contribution < 1.29 is 13.2 Å². The van der Waals surface area contributed by atoms with Gasteiger partial charge in [0.15, 0.2) is 5.69 Å². The Bertz CT molecular complexity index is 632. The number of amides is 1. The number of rotatable bonds is 7. The fourth-order valence-corrected chi connectivity index (χ4v) is 3.44. The average molecular weight is 366 g/mol. The van der Waals surface area contributed by atoms with Crippen LogP contribution in [0.2, 0.25) is 0 Å². The number of sulfonamides is 1. The summed E-state index contributed by atoms with van der Waals surface area (Å²) in [6.07, 6.45) is 2.60. The summed E-state index contributed by atoms with van der Waals surface area (Å²) in [5.41, 5.74) is 2.37. The smallest absolute Gasteiger partial charge is 0.272 e. The molecule has 1 amide bonds. The van der Waals surface area contributed by atoms with Crippen molar-refractivity contribution in [1.29, 1.82) is 0 Å². The number of halogens is 1. The Labute approximate surface area is 142 Å². The lowest BCUT2D eigenvalue weighted by molar-refractivity contribution is 0.0946. The number of aromatic amines is 1. The Hall–Kier alpha value is -1.16. The number of nitrogens with zero attached hydrogens (tertiary/aromatic N) is 2. The molecule has 0 saturated heterocycles. The third kappa shape index (κ3) is 5.17. The van der Waals surface area contributed by atoms with Crippen LogP contribution in [0.15, 0.2) is 0 Å². The molecular formula is C13H24ClN5O3S. The summed E-state index contributed by atoms with van der Waals surface area (Å²) in [6.45, 7) is 4.57. The zero-order valence-electron chi connectivity index (χ0n) is 13.4. The lowest BCUT2D eigenvalue weighted by Gasteiger charge is -2.17. The van der Waals surface area contributed by atoms with Crippen LogP contribution in [0.3, 0.4) is 0 Å². The van der Waals surface area contributed by atoms with Crippen LogP contribution in [0.4, 0.5) is 0 Å². The number of carbonyl (C=O) groups excluding carboxylic acids is 1. The molecule has 1 aliphatic heterocycles. The van der Waals surface area contributed by atoms with E-state index in [1.54, 1.807) is 6.92 Å². The number of carbonyl (C=O) groups is 1. The summed E-state index contributed by atoms with van der Waals surface area (Å²) in [4.78, 5) is 12.1. The molecule has 1 aromatic heterocycles. The van der Waals surface area contributed by atoms with Gasteiger partial charge in [-0.2, -0.15) is 5.10 Å². The first-order valence-corrected chi connectivity index (χ1v) is 9.28. The van der Waals surface area contributed by atoms with Crippen LogP contribution in [-0.2, 0) is 23.0 Å². The van der Waals surface area contributed by atoms with E-state index >= 15 is 0 Å². The monoisotopic (exact) mass is 365 g/mol. The summed E-state index contributed by atoms with van der Waals surface area (Å²) in [7, 11) is -3.18. The van der Waals surface area contributed by atoms with E-state index in [4.69, 9.17) is 0 Å². The zero-order chi connectivity index (χ0) is 16.2. The van der Waals surface area contributed by atoms with Gasteiger partial charge in [0.2, 0.25) is 10.0 Å². The van der Waals surface area contributed by atoms with Crippen LogP contribution in [0, 0.1) is 0 Å². The molecule has 10 heteroatoms. The lowest BCUT2D eigenvalue weighted by Crippen LogP contribution is -2.34. The molecule has 1 aliphatic rings. The number of nitrogens with one attached hydrogen (secondary N) is 3. The summed E-state index contributed by atoms with van der Waals surface area (Å²) >= 11 is 0. The standard InChI is InChI=1S/C13H23N5O3S.ClH/c1-3-18(22(2,20)21)8-4-6-15-13(19)12-10-9-14-7-5-11(10)16-17-12;/h14H,3-9H2,1-2H3,(H,15,19)(H,16,17);1H. The molecule has 0 fully saturated rings. The minimum Gasteiger partial charge on any atom is -0.351 e. The highest BCUT2D eigenvalue weighted by atomic mass is 35.5. The minimum absolute atomic E-state index is 0. The van der Waals surface area contributed by atoms with E-state index in [0.29, 0.717) is 38.3 Å². The average Bonchev–Trinajstić information content (AvgIpc) is 2.89. The van der Waals surface area contributed by atoms with Gasteiger partial charge in [-0.15, -0.1) is 12.4 Å². The van der Waals surface area contributed by atoms with Crippen LogP contribution < -0.4 is 10.6 Å². The van der Waals surface area contributed by atoms with Gasteiger partial charge in [-0.05, 0) is 6.42 Å². The second-order valence-corrected chi connectivity index (χ2v) is 7.30. The summed E-state index contributed by atoms with van der Waals surface area (Å²) in [6, 6.07) is 0. The summed E-state index contributed by atoms with van der Waals surface area (Å²) in [5, 5.41) is 13.0. The molecule has 0 atom stereocenters. The molecule has 2 rings (SSSR count). The predicted molar refractivity (Wildman–Crippen MR) is 90.3 cm³/mol. The Balaban J connectivity index is 0.00000264. The Morgan fingerprint density at radius 1 is 1.43 bits per heavy atom. The van der Waals surface area contributed by atoms with Crippen LogP contribution >= 0.6 is 12.4 Å². The largest absolute Gasteiger partial charge is 0.351 e. The van der Waals surface area contributed by atoms with Gasteiger partial charge in [0, 0.05) is 50.4 Å². The molecule has 0 radical (unpaired) electrons. The molecule has 0 aliphatic carbocycles. The molecule has 3 N–H and O–H groups in total. The van der Waals surface area contributed by atoms with Gasteiger partial charge in [0.05, 0.1) is 6.26 Å². The van der Waals surface area contributed by atoms with Crippen molar-refractivity contribution in [2.75, 3.05) is 32.4 Å². The van der Waals surface area contributed by atoms with Gasteiger partial charge in [0.1, 0.15) is 0 Å². The summed E-state index contributed by atoms with van der Waals surface area (Å²) in [5.74, 6) is -0.219. The molecule has 8 nitrogen and oxygen atoms in total. The molecule has 0 unspecified atom stereocenters. The van der Waals surface area contributed by atoms with Crippen molar-refractivity contribution in [1.82, 2.24) is 25.1 Å². The van der Waals surface area contributed by atoms with Crippen molar-refractivity contribution >= 4 is 28.3 Å². The van der Waals surface area contributed by atoms with Crippen molar-refractivity contribution in [2.45, 2.75) is 26.3 Å². The van der Waals surface area contributed by atoms with E-state index in [1.807, 2.05) is 0 Å². The minimum atomic E-state index is -3.18. The maximum absolute atomic E-state index is 12.1. The van der Waals surface area contributed by atoms with Crippen molar-refractivity contribution in [3.63, 3.8) is 0 Å². The van der Waals surface area contributed by atoms with Crippen LogP contribution in [0.25, 0.3) is 0 Å². The van der Waals surface area contributed by atoms with Gasteiger partial charge in [-0.25, -0.2) is 12.7 Å². The molecule has 0 saturated carbocycles. The van der Waals surface area contributed by atoms with E-state index in [1.165, 1.54) is 10.6 Å². The molecule has 132 valence electrons. The van der Waals surface area contributed by atoms with Gasteiger partial charge in [0.25, 0.3) is 5.91 Å². The van der Waals surface area contributed by atoms with Crippen molar-refractivity contribution in [3.8, 4) is 0 Å². The molecule has 23 heavy (non-hydrogen) atoms. The second kappa shape index (κ2) is 8.62. The highest BCUT2D eigenvalue weighted by Gasteiger charge is 2.21. The highest BCUT2D eigenvalue weighted by molar-refractivity contribution is 7.88. The van der Waals surface area contributed by atoms with Gasteiger partial charge in [-0.1, -0.05) is 6.92 Å². The third-order valence-corrected chi connectivity index (χ3v) is 5.09. The molecule has 2 heterocycles. The fraction of sp³-hybridized carbons (Fsp3) is 0.692. The molecular weight excluding hydrogens is 342 g/mol. The summed E-state index contributed by atoms with van der Waals surface area (Å²) < 4.78 is 24.3. The van der Waals surface area contributed by atoms with Crippen LogP contribution in [0.5, 0.6) is 0 Å². The first-order valence-electron chi connectivity index (χ1n) is 7.43. The number of H-pyrrole nitrogens is 1. The fourth-order valence-electron chi connectivity index (χ4n) is 2.51. The van der Waals surface area contributed by atoms with E-state index in [2.05, 4.69) is 20.8 Å². The number of aromatic nitrogens is 2. The van der Waals surface area contributed by atoms with E-state index < -0.39 is 10.0 Å². The van der Waals surface area contributed by atoms with E-state index in [9.17, 15) is 13.2 Å². The molecule has 0 bridgehead atoms. The van der Waals surface area contributed by atoms with Gasteiger partial charge in [-0.3, -0.25) is 9.89 Å². The molecule has 1 aromatic rings. The van der Waals surface area contributed by atoms with Crippen LogP contribution in [0.1, 0.15) is 35.1 Å². The normalized spacial score (nSPS) is 14.2. The lowest BCUT2D eigenvalue weighted by atomic mass is 10.1. The zero-order valence-corrected chi connectivity index (χ0v) is 15.0. The van der Waals surface area contributed by atoms with Gasteiger partial charge < -0.3 is 10.6 Å². The Morgan fingerprint density at radius 3 is 2.83 bits per heavy atom. The van der Waals surface area contributed by atoms with Crippen LogP contribution in [-0.4, -0.2) is 61.3 Å². The van der Waals surface area contributed by atoms with E-state index in [-0.39, 0.29) is 18.3 Å². The first-order chi connectivity index (χ1) is 10.4. The number of hydrogen-bond donors (Lipinski definition) is 3. The van der Waals surface area contributed by atoms with Crippen molar-refractivity contribution in [3.05, 3.63) is 17.0 Å². The number of fused-ring (bicyclic) bond motifs is 1. The third-order valence-electron chi connectivity index (χ3n) is 3.71. The van der Waals surface area contributed by atoms with Gasteiger partial charge >= 0.3 is 0 Å². The van der Waals surface area contributed by atoms with E-state index in [0.717, 1.165) is 24.2 Å².